The van der Waals surface area contributed by atoms with E-state index in [1.165, 1.54) is 13.1 Å². The smallest absolute Gasteiger partial charge is 0.322 e. The van der Waals surface area contributed by atoms with Crippen molar-refractivity contribution in [2.75, 3.05) is 5.32 Å². The minimum Gasteiger partial charge on any atom is -0.322 e. The highest BCUT2D eigenvalue weighted by atomic mass is 32.1. The van der Waals surface area contributed by atoms with E-state index in [0.29, 0.717) is 5.01 Å². The van der Waals surface area contributed by atoms with E-state index in [2.05, 4.69) is 15.3 Å². The predicted octanol–water partition coefficient (Wildman–Crippen LogP) is 4.16. The Bertz CT molecular complexity index is 698. The molecule has 0 radical (unpaired) electrons. The summed E-state index contributed by atoms with van der Waals surface area (Å²) in [6.07, 6.45) is -2.10. The van der Waals surface area contributed by atoms with E-state index >= 15 is 0 Å². The van der Waals surface area contributed by atoms with Gasteiger partial charge in [-0.2, -0.15) is 13.2 Å². The number of alkyl halides is 3. The summed E-state index contributed by atoms with van der Waals surface area (Å²) in [5.41, 5.74) is 4.80. The maximum atomic E-state index is 12.8. The molecule has 0 aliphatic heterocycles. The number of pyridine rings is 1. The zero-order valence-electron chi connectivity index (χ0n) is 13.7. The molecule has 9 heteroatoms. The molecule has 1 atom stereocenters. The molecule has 1 amide bonds. The van der Waals surface area contributed by atoms with Crippen LogP contribution in [0.25, 0.3) is 0 Å². The molecule has 2 rings (SSSR count). The summed E-state index contributed by atoms with van der Waals surface area (Å²) in [5, 5.41) is 2.90. The molecule has 0 bridgehead atoms. The summed E-state index contributed by atoms with van der Waals surface area (Å²) in [7, 11) is 0. The number of rotatable bonds is 3. The highest BCUT2D eigenvalue weighted by Crippen LogP contribution is 2.32. The fourth-order valence-corrected chi connectivity index (χ4v) is 2.44. The second kappa shape index (κ2) is 8.20. The van der Waals surface area contributed by atoms with Crippen LogP contribution in [0.15, 0.2) is 18.5 Å². The zero-order chi connectivity index (χ0) is 18.5. The third-order valence-corrected chi connectivity index (χ3v) is 3.98. The van der Waals surface area contributed by atoms with Gasteiger partial charge < -0.3 is 11.1 Å². The Morgan fingerprint density at radius 1 is 1.29 bits per heavy atom. The van der Waals surface area contributed by atoms with E-state index in [-0.39, 0.29) is 22.3 Å². The van der Waals surface area contributed by atoms with Crippen molar-refractivity contribution in [2.24, 2.45) is 5.73 Å². The van der Waals surface area contributed by atoms with Gasteiger partial charge in [-0.3, -0.25) is 4.79 Å². The Morgan fingerprint density at radius 2 is 1.92 bits per heavy atom. The molecule has 3 N–H and O–H groups in total. The molecule has 0 aliphatic rings. The van der Waals surface area contributed by atoms with Crippen LogP contribution in [0.2, 0.25) is 0 Å². The fraction of sp³-hybridized carbons (Fsp3) is 0.400. The van der Waals surface area contributed by atoms with Crippen LogP contribution < -0.4 is 11.1 Å². The predicted molar refractivity (Wildman–Crippen MR) is 88.0 cm³/mol. The Morgan fingerprint density at radius 3 is 2.42 bits per heavy atom. The van der Waals surface area contributed by atoms with Crippen molar-refractivity contribution in [1.82, 2.24) is 9.97 Å². The Labute approximate surface area is 142 Å². The molecular weight excluding hydrogens is 341 g/mol. The zero-order valence-corrected chi connectivity index (χ0v) is 14.5. The number of halogens is 3. The first-order chi connectivity index (χ1) is 11.2. The number of amides is 1. The summed E-state index contributed by atoms with van der Waals surface area (Å²) in [5.74, 6) is -0.743. The number of thiazole rings is 1. The van der Waals surface area contributed by atoms with Crippen LogP contribution in [-0.4, -0.2) is 15.9 Å². The summed E-state index contributed by atoms with van der Waals surface area (Å²) >= 11 is 1.08. The molecule has 0 fully saturated rings. The highest BCUT2D eigenvalue weighted by Gasteiger charge is 2.33. The van der Waals surface area contributed by atoms with E-state index in [1.54, 1.807) is 6.92 Å². The number of carbonyl (C=O) groups is 1. The van der Waals surface area contributed by atoms with Crippen LogP contribution in [0.5, 0.6) is 0 Å². The first-order valence-corrected chi connectivity index (χ1v) is 8.06. The van der Waals surface area contributed by atoms with E-state index in [1.807, 2.05) is 13.8 Å². The normalized spacial score (nSPS) is 12.2. The van der Waals surface area contributed by atoms with Gasteiger partial charge in [-0.25, -0.2) is 9.97 Å². The summed E-state index contributed by atoms with van der Waals surface area (Å²) in [6, 6.07) is 0.488. The summed E-state index contributed by atoms with van der Waals surface area (Å²) in [6.45, 7) is 7.02. The van der Waals surface area contributed by atoms with Gasteiger partial charge in [-0.05, 0) is 25.5 Å². The lowest BCUT2D eigenvalue weighted by molar-refractivity contribution is -0.138. The molecule has 5 nitrogen and oxygen atoms in total. The summed E-state index contributed by atoms with van der Waals surface area (Å²) < 4.78 is 38.5. The molecular formula is C15H19F3N4OS. The molecule has 0 saturated carbocycles. The van der Waals surface area contributed by atoms with Crippen molar-refractivity contribution in [1.29, 1.82) is 0 Å². The molecule has 2 aromatic heterocycles. The second-order valence-corrected chi connectivity index (χ2v) is 5.75. The number of aromatic nitrogens is 2. The number of hydrogen-bond donors (Lipinski definition) is 2. The van der Waals surface area contributed by atoms with Crippen molar-refractivity contribution in [3.8, 4) is 0 Å². The minimum absolute atomic E-state index is 0.0115. The number of hydrogen-bond acceptors (Lipinski definition) is 5. The van der Waals surface area contributed by atoms with Crippen LogP contribution in [0, 0.1) is 6.92 Å². The van der Waals surface area contributed by atoms with Crippen molar-refractivity contribution in [2.45, 2.75) is 39.9 Å². The van der Waals surface area contributed by atoms with Crippen LogP contribution >= 0.6 is 11.3 Å². The SMILES string of the molecule is CC.Cc1cnc(NC(=O)c2cnc(C(C)N)s2)cc1C(F)(F)F. The molecule has 0 spiro atoms. The average molecular weight is 360 g/mol. The molecule has 0 saturated heterocycles. The first kappa shape index (κ1) is 20.0. The van der Waals surface area contributed by atoms with Crippen LogP contribution in [0.1, 0.15) is 52.6 Å². The van der Waals surface area contributed by atoms with E-state index in [0.717, 1.165) is 23.6 Å². The maximum absolute atomic E-state index is 12.8. The first-order valence-electron chi connectivity index (χ1n) is 7.25. The van der Waals surface area contributed by atoms with Crippen molar-refractivity contribution in [3.63, 3.8) is 0 Å². The second-order valence-electron chi connectivity index (χ2n) is 4.69. The maximum Gasteiger partial charge on any atom is 0.416 e. The number of anilines is 1. The monoisotopic (exact) mass is 360 g/mol. The fourth-order valence-electron chi connectivity index (χ4n) is 1.68. The number of aryl methyl sites for hydroxylation is 1. The quantitative estimate of drug-likeness (QED) is 0.861. The lowest BCUT2D eigenvalue weighted by Crippen LogP contribution is -2.14. The minimum atomic E-state index is -4.50. The topological polar surface area (TPSA) is 80.9 Å². The molecule has 2 aromatic rings. The van der Waals surface area contributed by atoms with Crippen LogP contribution in [0.4, 0.5) is 19.0 Å². The van der Waals surface area contributed by atoms with Gasteiger partial charge in [-0.1, -0.05) is 13.8 Å². The average Bonchev–Trinajstić information content (AvgIpc) is 3.00. The Hall–Kier alpha value is -2.00. The van der Waals surface area contributed by atoms with Gasteiger partial charge in [0.05, 0.1) is 17.8 Å². The molecule has 24 heavy (non-hydrogen) atoms. The molecule has 132 valence electrons. The van der Waals surface area contributed by atoms with Gasteiger partial charge in [-0.15, -0.1) is 11.3 Å². The molecule has 2 heterocycles. The summed E-state index contributed by atoms with van der Waals surface area (Å²) in [4.78, 5) is 20.0. The van der Waals surface area contributed by atoms with Gasteiger partial charge in [0, 0.05) is 6.20 Å². The number of nitrogens with one attached hydrogen (secondary N) is 1. The Balaban J connectivity index is 0.00000139. The number of carbonyl (C=O) groups excluding carboxylic acids is 1. The number of nitrogens with two attached hydrogens (primary N) is 1. The van der Waals surface area contributed by atoms with Gasteiger partial charge in [0.15, 0.2) is 0 Å². The lowest BCUT2D eigenvalue weighted by Gasteiger charge is -2.11. The molecule has 0 aliphatic carbocycles. The molecule has 1 unspecified atom stereocenters. The largest absolute Gasteiger partial charge is 0.416 e. The van der Waals surface area contributed by atoms with Crippen molar-refractivity contribution < 1.29 is 18.0 Å². The van der Waals surface area contributed by atoms with E-state index in [4.69, 9.17) is 5.73 Å². The van der Waals surface area contributed by atoms with Gasteiger partial charge in [0.2, 0.25) is 0 Å². The van der Waals surface area contributed by atoms with Crippen LogP contribution in [0.3, 0.4) is 0 Å². The lowest BCUT2D eigenvalue weighted by atomic mass is 10.1. The van der Waals surface area contributed by atoms with Crippen molar-refractivity contribution in [3.05, 3.63) is 39.5 Å². The van der Waals surface area contributed by atoms with Crippen LogP contribution in [-0.2, 0) is 6.18 Å². The third kappa shape index (κ3) is 5.00. The molecule has 0 aromatic carbocycles. The van der Waals surface area contributed by atoms with Gasteiger partial charge >= 0.3 is 6.18 Å². The van der Waals surface area contributed by atoms with Crippen molar-refractivity contribution >= 4 is 23.1 Å². The third-order valence-electron chi connectivity index (χ3n) is 2.79. The van der Waals surface area contributed by atoms with Gasteiger partial charge in [0.25, 0.3) is 5.91 Å². The van der Waals surface area contributed by atoms with E-state index < -0.39 is 17.6 Å². The standard InChI is InChI=1S/C13H13F3N4OS.C2H6/c1-6-4-18-10(3-8(6)13(14,15)16)20-11(21)9-5-19-12(22-9)7(2)17;1-2/h3-5,7H,17H2,1-2H3,(H,18,20,21);1-2H3. The highest BCUT2D eigenvalue weighted by molar-refractivity contribution is 7.13. The number of nitrogens with zero attached hydrogens (tertiary/aromatic N) is 2. The van der Waals surface area contributed by atoms with E-state index in [9.17, 15) is 18.0 Å². The Kier molecular flexibility index (Phi) is 6.85. The van der Waals surface area contributed by atoms with Gasteiger partial charge in [0.1, 0.15) is 15.7 Å².